The zero-order valence-electron chi connectivity index (χ0n) is 18.8. The van der Waals surface area contributed by atoms with Crippen LogP contribution in [0.3, 0.4) is 0 Å². The van der Waals surface area contributed by atoms with Gasteiger partial charge in [0.25, 0.3) is 0 Å². The quantitative estimate of drug-likeness (QED) is 0.233. The second-order valence-corrected chi connectivity index (χ2v) is 7.56. The lowest BCUT2D eigenvalue weighted by Gasteiger charge is -2.20. The molecule has 0 heterocycles. The Labute approximate surface area is 187 Å². The minimum Gasteiger partial charge on any atom is -0.497 e. The normalized spacial score (nSPS) is 11.1. The van der Waals surface area contributed by atoms with E-state index in [0.717, 1.165) is 11.3 Å². The van der Waals surface area contributed by atoms with Gasteiger partial charge in [-0.3, -0.25) is 4.79 Å². The maximum absolute atomic E-state index is 12.1. The van der Waals surface area contributed by atoms with Gasteiger partial charge in [-0.2, -0.15) is 0 Å². The molecule has 0 bridgehead atoms. The standard InChI is InChI=1S/C25H28O7/c1-5-25(2,3)24(28)31-17-16-30-23(27)19-9-13-21(14-10-19)32-22(26)15-8-18-6-11-20(29-4)12-7-18/h6-15H,5,16-17H2,1-4H3/b15-8+. The Morgan fingerprint density at radius 1 is 0.875 bits per heavy atom. The molecule has 0 atom stereocenters. The van der Waals surface area contributed by atoms with Gasteiger partial charge in [-0.25, -0.2) is 9.59 Å². The Morgan fingerprint density at radius 2 is 1.47 bits per heavy atom. The number of esters is 3. The predicted octanol–water partition coefficient (Wildman–Crippen LogP) is 4.45. The third kappa shape index (κ3) is 7.58. The van der Waals surface area contributed by atoms with Crippen LogP contribution >= 0.6 is 0 Å². The maximum atomic E-state index is 12.1. The van der Waals surface area contributed by atoms with Crippen LogP contribution in [0.1, 0.15) is 43.1 Å². The number of rotatable bonds is 10. The van der Waals surface area contributed by atoms with Gasteiger partial charge in [0, 0.05) is 6.08 Å². The number of ether oxygens (including phenoxy) is 4. The lowest BCUT2D eigenvalue weighted by atomic mass is 9.91. The van der Waals surface area contributed by atoms with Gasteiger partial charge in [0.2, 0.25) is 0 Å². The molecular formula is C25H28O7. The molecular weight excluding hydrogens is 412 g/mol. The summed E-state index contributed by atoms with van der Waals surface area (Å²) in [6, 6.07) is 13.2. The van der Waals surface area contributed by atoms with Gasteiger partial charge in [-0.15, -0.1) is 0 Å². The molecule has 2 rings (SSSR count). The van der Waals surface area contributed by atoms with Crippen LogP contribution in [-0.2, 0) is 19.1 Å². The zero-order chi connectivity index (χ0) is 23.6. The summed E-state index contributed by atoms with van der Waals surface area (Å²) in [7, 11) is 1.58. The third-order valence-corrected chi connectivity index (χ3v) is 4.82. The van der Waals surface area contributed by atoms with Crippen molar-refractivity contribution >= 4 is 24.0 Å². The highest BCUT2D eigenvalue weighted by molar-refractivity contribution is 5.90. The molecule has 0 aliphatic carbocycles. The number of hydrogen-bond acceptors (Lipinski definition) is 7. The summed E-state index contributed by atoms with van der Waals surface area (Å²) in [5.41, 5.74) is 0.546. The Bertz CT molecular complexity index is 941. The van der Waals surface area contributed by atoms with Crippen molar-refractivity contribution in [3.05, 3.63) is 65.7 Å². The van der Waals surface area contributed by atoms with E-state index in [0.29, 0.717) is 17.7 Å². The minimum absolute atomic E-state index is 0.00969. The van der Waals surface area contributed by atoms with Crippen LogP contribution in [0, 0.1) is 5.41 Å². The number of methoxy groups -OCH3 is 1. The molecule has 0 aliphatic heterocycles. The van der Waals surface area contributed by atoms with Crippen LogP contribution in [0.15, 0.2) is 54.6 Å². The zero-order valence-corrected chi connectivity index (χ0v) is 18.8. The van der Waals surface area contributed by atoms with Crippen LogP contribution in [0.5, 0.6) is 11.5 Å². The molecule has 0 N–H and O–H groups in total. The van der Waals surface area contributed by atoms with Crippen LogP contribution in [0.4, 0.5) is 0 Å². The van der Waals surface area contributed by atoms with Gasteiger partial charge in [0.15, 0.2) is 0 Å². The highest BCUT2D eigenvalue weighted by Gasteiger charge is 2.26. The Balaban J connectivity index is 1.79. The molecule has 0 saturated carbocycles. The monoisotopic (exact) mass is 440 g/mol. The SMILES string of the molecule is CCC(C)(C)C(=O)OCCOC(=O)c1ccc(OC(=O)/C=C/c2ccc(OC)cc2)cc1. The molecule has 2 aromatic rings. The average molecular weight is 440 g/mol. The van der Waals surface area contributed by atoms with Gasteiger partial charge >= 0.3 is 17.9 Å². The number of benzene rings is 2. The number of carbonyl (C=O) groups excluding carboxylic acids is 3. The first-order chi connectivity index (χ1) is 15.2. The first-order valence-electron chi connectivity index (χ1n) is 10.2. The third-order valence-electron chi connectivity index (χ3n) is 4.82. The van der Waals surface area contributed by atoms with Crippen molar-refractivity contribution in [1.29, 1.82) is 0 Å². The van der Waals surface area contributed by atoms with E-state index in [-0.39, 0.29) is 19.2 Å². The number of carbonyl (C=O) groups is 3. The Hall–Kier alpha value is -3.61. The molecule has 0 unspecified atom stereocenters. The molecule has 0 radical (unpaired) electrons. The van der Waals surface area contributed by atoms with E-state index in [4.69, 9.17) is 18.9 Å². The molecule has 2 aromatic carbocycles. The number of hydrogen-bond donors (Lipinski definition) is 0. The second kappa shape index (κ2) is 11.7. The maximum Gasteiger partial charge on any atom is 0.338 e. The van der Waals surface area contributed by atoms with Crippen LogP contribution in [0.2, 0.25) is 0 Å². The molecule has 0 aromatic heterocycles. The van der Waals surface area contributed by atoms with E-state index < -0.39 is 17.4 Å². The lowest BCUT2D eigenvalue weighted by Crippen LogP contribution is -2.27. The largest absolute Gasteiger partial charge is 0.497 e. The van der Waals surface area contributed by atoms with E-state index in [1.807, 2.05) is 19.1 Å². The van der Waals surface area contributed by atoms with Crippen molar-refractivity contribution in [2.45, 2.75) is 27.2 Å². The van der Waals surface area contributed by atoms with Gasteiger partial charge in [0.05, 0.1) is 18.1 Å². The molecule has 0 fully saturated rings. The fraction of sp³-hybridized carbons (Fsp3) is 0.320. The summed E-state index contributed by atoms with van der Waals surface area (Å²) in [6.45, 7) is 5.44. The molecule has 0 aliphatic rings. The molecule has 170 valence electrons. The van der Waals surface area contributed by atoms with Crippen molar-refractivity contribution < 1.29 is 33.3 Å². The van der Waals surface area contributed by atoms with Crippen molar-refractivity contribution in [3.8, 4) is 11.5 Å². The molecule has 7 nitrogen and oxygen atoms in total. The van der Waals surface area contributed by atoms with Crippen LogP contribution < -0.4 is 9.47 Å². The fourth-order valence-electron chi connectivity index (χ4n) is 2.38. The summed E-state index contributed by atoms with van der Waals surface area (Å²) in [4.78, 5) is 35.9. The van der Waals surface area contributed by atoms with E-state index in [9.17, 15) is 14.4 Å². The summed E-state index contributed by atoms with van der Waals surface area (Å²) >= 11 is 0. The van der Waals surface area contributed by atoms with Crippen LogP contribution in [-0.4, -0.2) is 38.2 Å². The molecule has 32 heavy (non-hydrogen) atoms. The summed E-state index contributed by atoms with van der Waals surface area (Å²) in [5, 5.41) is 0. The molecule has 0 spiro atoms. The summed E-state index contributed by atoms with van der Waals surface area (Å²) in [5.74, 6) is -0.421. The lowest BCUT2D eigenvalue weighted by molar-refractivity contribution is -0.155. The minimum atomic E-state index is -0.568. The first-order valence-corrected chi connectivity index (χ1v) is 10.2. The Kier molecular flexibility index (Phi) is 9.01. The molecule has 7 heteroatoms. The first kappa shape index (κ1) is 24.7. The fourth-order valence-corrected chi connectivity index (χ4v) is 2.38. The van der Waals surface area contributed by atoms with Crippen molar-refractivity contribution in [2.75, 3.05) is 20.3 Å². The van der Waals surface area contributed by atoms with E-state index >= 15 is 0 Å². The van der Waals surface area contributed by atoms with E-state index in [1.165, 1.54) is 30.3 Å². The van der Waals surface area contributed by atoms with Gasteiger partial charge in [0.1, 0.15) is 24.7 Å². The van der Waals surface area contributed by atoms with E-state index in [2.05, 4.69) is 0 Å². The van der Waals surface area contributed by atoms with Gasteiger partial charge in [-0.1, -0.05) is 19.1 Å². The van der Waals surface area contributed by atoms with Crippen molar-refractivity contribution in [1.82, 2.24) is 0 Å². The average Bonchev–Trinajstić information content (AvgIpc) is 2.80. The van der Waals surface area contributed by atoms with Crippen molar-refractivity contribution in [2.24, 2.45) is 5.41 Å². The summed E-state index contributed by atoms with van der Waals surface area (Å²) in [6.07, 6.45) is 3.59. The summed E-state index contributed by atoms with van der Waals surface area (Å²) < 4.78 is 20.5. The Morgan fingerprint density at radius 3 is 2.06 bits per heavy atom. The molecule has 0 saturated heterocycles. The topological polar surface area (TPSA) is 88.1 Å². The highest BCUT2D eigenvalue weighted by atomic mass is 16.6. The highest BCUT2D eigenvalue weighted by Crippen LogP contribution is 2.21. The second-order valence-electron chi connectivity index (χ2n) is 7.56. The van der Waals surface area contributed by atoms with Crippen molar-refractivity contribution in [3.63, 3.8) is 0 Å². The van der Waals surface area contributed by atoms with Gasteiger partial charge < -0.3 is 18.9 Å². The van der Waals surface area contributed by atoms with E-state index in [1.54, 1.807) is 39.2 Å². The van der Waals surface area contributed by atoms with Gasteiger partial charge in [-0.05, 0) is 68.3 Å². The van der Waals surface area contributed by atoms with Crippen LogP contribution in [0.25, 0.3) is 6.08 Å². The predicted molar refractivity (Wildman–Crippen MR) is 119 cm³/mol. The molecule has 0 amide bonds. The smallest absolute Gasteiger partial charge is 0.338 e.